The molecule has 0 saturated carbocycles. The largest absolute Gasteiger partial charge is 0.382 e. The molecule has 0 fully saturated rings. The molecule has 0 radical (unpaired) electrons. The second-order valence-corrected chi connectivity index (χ2v) is 7.27. The Morgan fingerprint density at radius 2 is 2.04 bits per heavy atom. The van der Waals surface area contributed by atoms with E-state index in [0.29, 0.717) is 37.4 Å². The third-order valence-corrected chi connectivity index (χ3v) is 4.75. The number of benzene rings is 1. The van der Waals surface area contributed by atoms with Crippen molar-refractivity contribution in [3.05, 3.63) is 46.2 Å². The highest BCUT2D eigenvalue weighted by Gasteiger charge is 2.15. The molecule has 1 aromatic heterocycles. The van der Waals surface area contributed by atoms with Crippen LogP contribution in [0.25, 0.3) is 0 Å². The van der Waals surface area contributed by atoms with Gasteiger partial charge in [0.05, 0.1) is 12.0 Å². The number of hydrogen-bond donors (Lipinski definition) is 2. The Balaban J connectivity index is 2.04. The van der Waals surface area contributed by atoms with Gasteiger partial charge in [-0.15, -0.1) is 11.3 Å². The Bertz CT molecular complexity index is 745. The maximum Gasteiger partial charge on any atom is 0.253 e. The number of rotatable bonds is 10. The van der Waals surface area contributed by atoms with Crippen molar-refractivity contribution in [2.24, 2.45) is 0 Å². The van der Waals surface area contributed by atoms with Crippen LogP contribution in [-0.2, 0) is 16.0 Å². The predicted molar refractivity (Wildman–Crippen MR) is 111 cm³/mol. The van der Waals surface area contributed by atoms with Crippen LogP contribution in [0.3, 0.4) is 0 Å². The molecule has 2 N–H and O–H groups in total. The number of nitrogens with zero attached hydrogens (tertiary/aromatic N) is 1. The third-order valence-electron chi connectivity index (χ3n) is 3.88. The van der Waals surface area contributed by atoms with Crippen molar-refractivity contribution in [2.75, 3.05) is 44.1 Å². The Morgan fingerprint density at radius 3 is 2.70 bits per heavy atom. The molecule has 0 bridgehead atoms. The summed E-state index contributed by atoms with van der Waals surface area (Å²) >= 11 is 1.55. The van der Waals surface area contributed by atoms with Gasteiger partial charge in [-0.1, -0.05) is 6.07 Å². The van der Waals surface area contributed by atoms with Gasteiger partial charge >= 0.3 is 0 Å². The molecule has 146 valence electrons. The lowest BCUT2D eigenvalue weighted by molar-refractivity contribution is -0.115. The van der Waals surface area contributed by atoms with E-state index in [2.05, 4.69) is 10.6 Å². The first kappa shape index (κ1) is 20.9. The molecular formula is C20H27N3O3S. The van der Waals surface area contributed by atoms with Crippen molar-refractivity contribution >= 4 is 34.5 Å². The first-order valence-corrected chi connectivity index (χ1v) is 9.88. The van der Waals surface area contributed by atoms with Gasteiger partial charge in [0.25, 0.3) is 5.91 Å². The SMILES string of the molecule is CCOCCCNC(=O)c1cc(NC(=O)Cc2cccs2)ccc1N(C)C. The van der Waals surface area contributed by atoms with Crippen LogP contribution in [0.5, 0.6) is 0 Å². The Kier molecular flexibility index (Phi) is 8.29. The number of amides is 2. The van der Waals surface area contributed by atoms with Crippen LogP contribution in [0.15, 0.2) is 35.7 Å². The molecule has 27 heavy (non-hydrogen) atoms. The second-order valence-electron chi connectivity index (χ2n) is 6.24. The van der Waals surface area contributed by atoms with E-state index in [1.165, 1.54) is 0 Å². The summed E-state index contributed by atoms with van der Waals surface area (Å²) < 4.78 is 5.28. The molecule has 0 unspecified atom stereocenters. The molecule has 0 aliphatic rings. The first-order valence-electron chi connectivity index (χ1n) is 9.00. The van der Waals surface area contributed by atoms with E-state index >= 15 is 0 Å². The molecule has 2 aromatic rings. The van der Waals surface area contributed by atoms with Gasteiger partial charge in [-0.2, -0.15) is 0 Å². The molecule has 0 saturated heterocycles. The lowest BCUT2D eigenvalue weighted by atomic mass is 10.1. The van der Waals surface area contributed by atoms with Gasteiger partial charge < -0.3 is 20.3 Å². The summed E-state index contributed by atoms with van der Waals surface area (Å²) in [6.07, 6.45) is 1.08. The number of anilines is 2. The Labute approximate surface area is 164 Å². The zero-order chi connectivity index (χ0) is 19.6. The maximum atomic E-state index is 12.6. The molecule has 7 heteroatoms. The van der Waals surface area contributed by atoms with Crippen LogP contribution in [-0.4, -0.2) is 45.7 Å². The topological polar surface area (TPSA) is 70.7 Å². The molecular weight excluding hydrogens is 362 g/mol. The van der Waals surface area contributed by atoms with Crippen LogP contribution in [0, 0.1) is 0 Å². The zero-order valence-electron chi connectivity index (χ0n) is 16.1. The molecule has 0 aliphatic heterocycles. The minimum atomic E-state index is -0.162. The van der Waals surface area contributed by atoms with E-state index < -0.39 is 0 Å². The van der Waals surface area contributed by atoms with E-state index in [1.54, 1.807) is 17.4 Å². The first-order chi connectivity index (χ1) is 13.0. The zero-order valence-corrected chi connectivity index (χ0v) is 16.9. The smallest absolute Gasteiger partial charge is 0.253 e. The summed E-state index contributed by atoms with van der Waals surface area (Å²) in [5.74, 6) is -0.261. The number of carbonyl (C=O) groups excluding carboxylic acids is 2. The minimum absolute atomic E-state index is 0.0990. The van der Waals surface area contributed by atoms with Crippen LogP contribution in [0.2, 0.25) is 0 Å². The third kappa shape index (κ3) is 6.69. The molecule has 6 nitrogen and oxygen atoms in total. The van der Waals surface area contributed by atoms with Crippen molar-refractivity contribution in [1.29, 1.82) is 0 Å². The maximum absolute atomic E-state index is 12.6. The van der Waals surface area contributed by atoms with Gasteiger partial charge in [0.15, 0.2) is 0 Å². The summed E-state index contributed by atoms with van der Waals surface area (Å²) in [4.78, 5) is 27.7. The number of nitrogens with one attached hydrogen (secondary N) is 2. The van der Waals surface area contributed by atoms with Crippen molar-refractivity contribution in [3.8, 4) is 0 Å². The van der Waals surface area contributed by atoms with Gasteiger partial charge in [-0.3, -0.25) is 9.59 Å². The monoisotopic (exact) mass is 389 g/mol. The van der Waals surface area contributed by atoms with E-state index in [4.69, 9.17) is 4.74 Å². The van der Waals surface area contributed by atoms with Gasteiger partial charge in [-0.05, 0) is 43.0 Å². The number of hydrogen-bond acceptors (Lipinski definition) is 5. The minimum Gasteiger partial charge on any atom is -0.382 e. The van der Waals surface area contributed by atoms with E-state index in [-0.39, 0.29) is 11.8 Å². The Morgan fingerprint density at radius 1 is 1.22 bits per heavy atom. The molecule has 0 spiro atoms. The van der Waals surface area contributed by atoms with Crippen LogP contribution >= 0.6 is 11.3 Å². The highest BCUT2D eigenvalue weighted by Crippen LogP contribution is 2.23. The molecule has 2 amide bonds. The molecule has 0 atom stereocenters. The lowest BCUT2D eigenvalue weighted by Crippen LogP contribution is -2.27. The van der Waals surface area contributed by atoms with E-state index in [1.807, 2.05) is 55.6 Å². The number of thiophene rings is 1. The Hall–Kier alpha value is -2.38. The summed E-state index contributed by atoms with van der Waals surface area (Å²) in [5, 5.41) is 7.74. The second kappa shape index (κ2) is 10.7. The fourth-order valence-corrected chi connectivity index (χ4v) is 3.28. The van der Waals surface area contributed by atoms with E-state index in [0.717, 1.165) is 17.0 Å². The van der Waals surface area contributed by atoms with Crippen molar-refractivity contribution in [2.45, 2.75) is 19.8 Å². The molecule has 1 heterocycles. The highest BCUT2D eigenvalue weighted by molar-refractivity contribution is 7.10. The average molecular weight is 390 g/mol. The summed E-state index contributed by atoms with van der Waals surface area (Å²) in [5.41, 5.74) is 1.94. The molecule has 0 aliphatic carbocycles. The molecule has 1 aromatic carbocycles. The summed E-state index contributed by atoms with van der Waals surface area (Å²) in [6.45, 7) is 3.78. The van der Waals surface area contributed by atoms with Gasteiger partial charge in [0.2, 0.25) is 5.91 Å². The predicted octanol–water partition coefficient (Wildman–Crippen LogP) is 3.15. The summed E-state index contributed by atoms with van der Waals surface area (Å²) in [6, 6.07) is 9.23. The van der Waals surface area contributed by atoms with E-state index in [9.17, 15) is 9.59 Å². The van der Waals surface area contributed by atoms with Crippen LogP contribution < -0.4 is 15.5 Å². The average Bonchev–Trinajstić information content (AvgIpc) is 3.13. The van der Waals surface area contributed by atoms with Crippen molar-refractivity contribution in [1.82, 2.24) is 5.32 Å². The van der Waals surface area contributed by atoms with Crippen LogP contribution in [0.4, 0.5) is 11.4 Å². The number of ether oxygens (including phenoxy) is 1. The van der Waals surface area contributed by atoms with Gasteiger partial charge in [0.1, 0.15) is 0 Å². The standard InChI is InChI=1S/C20H27N3O3S/c1-4-26-11-6-10-21-20(25)17-13-15(8-9-18(17)23(2)3)22-19(24)14-16-7-5-12-27-16/h5,7-9,12-13H,4,6,10-11,14H2,1-3H3,(H,21,25)(H,22,24). The van der Waals surface area contributed by atoms with Crippen molar-refractivity contribution in [3.63, 3.8) is 0 Å². The van der Waals surface area contributed by atoms with Gasteiger partial charge in [0, 0.05) is 50.1 Å². The molecule has 2 rings (SSSR count). The fraction of sp³-hybridized carbons (Fsp3) is 0.400. The highest BCUT2D eigenvalue weighted by atomic mass is 32.1. The van der Waals surface area contributed by atoms with Crippen molar-refractivity contribution < 1.29 is 14.3 Å². The summed E-state index contributed by atoms with van der Waals surface area (Å²) in [7, 11) is 3.77. The van der Waals surface area contributed by atoms with Crippen LogP contribution in [0.1, 0.15) is 28.6 Å². The fourth-order valence-electron chi connectivity index (χ4n) is 2.58. The lowest BCUT2D eigenvalue weighted by Gasteiger charge is -2.18. The quantitative estimate of drug-likeness (QED) is 0.613. The van der Waals surface area contributed by atoms with Gasteiger partial charge in [-0.25, -0.2) is 0 Å². The number of carbonyl (C=O) groups is 2. The normalized spacial score (nSPS) is 10.5.